The second-order valence-electron chi connectivity index (χ2n) is 30.5. The Kier molecular flexibility index (Phi) is 77.8. The molecule has 0 bridgehead atoms. The summed E-state index contributed by atoms with van der Waals surface area (Å²) in [4.78, 5) is 37.8. The molecule has 0 aromatic rings. The molecule has 0 fully saturated rings. The van der Waals surface area contributed by atoms with E-state index in [2.05, 4.69) is 86.8 Å². The van der Waals surface area contributed by atoms with Gasteiger partial charge in [-0.25, -0.2) is 4.79 Å². The molecule has 0 saturated carbocycles. The van der Waals surface area contributed by atoms with E-state index in [4.69, 9.17) is 18.9 Å². The van der Waals surface area contributed by atoms with Crippen LogP contribution in [0, 0.1) is 0 Å². The molecule has 9 heteroatoms. The predicted octanol–water partition coefficient (Wildman–Crippen LogP) is 27.9. The van der Waals surface area contributed by atoms with Crippen LogP contribution in [0.1, 0.15) is 425 Å². The Morgan fingerprint density at radius 2 is 0.576 bits per heavy atom. The number of hydrogen-bond donors (Lipinski definition) is 1. The molecular weight excluding hydrogens is 1220 g/mol. The topological polar surface area (TPSA) is 108 Å². The number of carbonyl (C=O) groups is 3. The monoisotopic (exact) mass is 1390 g/mol. The molecular formula is C90H166NO8+. The number of quaternary nitrogens is 1. The summed E-state index contributed by atoms with van der Waals surface area (Å²) in [6.45, 7) is 4.84. The molecule has 99 heavy (non-hydrogen) atoms. The first kappa shape index (κ1) is 95.7. The summed E-state index contributed by atoms with van der Waals surface area (Å²) in [5.74, 6) is -1.98. The average molecular weight is 1390 g/mol. The minimum absolute atomic E-state index is 0.178. The third kappa shape index (κ3) is 81.9. The summed E-state index contributed by atoms with van der Waals surface area (Å²) in [7, 11) is 6.00. The lowest BCUT2D eigenvalue weighted by molar-refractivity contribution is -0.870. The van der Waals surface area contributed by atoms with Gasteiger partial charge in [-0.1, -0.05) is 421 Å². The first-order valence-electron chi connectivity index (χ1n) is 43.1. The maximum absolute atomic E-state index is 13.0. The van der Waals surface area contributed by atoms with Crippen LogP contribution >= 0.6 is 0 Å². The molecule has 0 aromatic heterocycles. The van der Waals surface area contributed by atoms with Gasteiger partial charge in [0.15, 0.2) is 6.10 Å². The number of carboxylic acid groups (broad SMARTS) is 1. The van der Waals surface area contributed by atoms with Crippen LogP contribution in [0.2, 0.25) is 0 Å². The van der Waals surface area contributed by atoms with E-state index in [1.807, 2.05) is 21.1 Å². The SMILES string of the molecule is CC/C=C\C/C=C\C/C=C\C/C=C\C/C=C\C/C=C\CCCCCCCCCCCCCCCCCCC(=O)OC(COC(=O)CCCCCCCCCCCCCCCCCCCCCCCCCCCCCCCCCCCCCCCCC)COC(OCC[N+](C)(C)C)C(=O)O. The molecule has 0 amide bonds. The van der Waals surface area contributed by atoms with Crippen LogP contribution in [0.15, 0.2) is 72.9 Å². The lowest BCUT2D eigenvalue weighted by Gasteiger charge is -2.25. The quantitative estimate of drug-likeness (QED) is 0.0211. The van der Waals surface area contributed by atoms with Crippen molar-refractivity contribution in [3.8, 4) is 0 Å². The van der Waals surface area contributed by atoms with E-state index >= 15 is 0 Å². The van der Waals surface area contributed by atoms with Crippen molar-refractivity contribution in [1.82, 2.24) is 0 Å². The highest BCUT2D eigenvalue weighted by molar-refractivity contribution is 5.71. The van der Waals surface area contributed by atoms with Crippen molar-refractivity contribution in [1.29, 1.82) is 0 Å². The average Bonchev–Trinajstić information content (AvgIpc) is 1.16. The van der Waals surface area contributed by atoms with Crippen molar-refractivity contribution in [2.45, 2.75) is 437 Å². The van der Waals surface area contributed by atoms with Crippen LogP contribution in [0.4, 0.5) is 0 Å². The second-order valence-corrected chi connectivity index (χ2v) is 30.5. The third-order valence-electron chi connectivity index (χ3n) is 19.5. The number of allylic oxidation sites excluding steroid dienone is 12. The molecule has 0 aliphatic carbocycles. The Hall–Kier alpha value is -3.27. The number of likely N-dealkylation sites (N-methyl/N-ethyl adjacent to an activating group) is 1. The van der Waals surface area contributed by atoms with E-state index in [1.54, 1.807) is 0 Å². The summed E-state index contributed by atoms with van der Waals surface area (Å²) in [6.07, 6.45) is 107. The number of carbonyl (C=O) groups excluding carboxylic acids is 2. The van der Waals surface area contributed by atoms with Crippen molar-refractivity contribution < 1.29 is 42.9 Å². The number of nitrogens with zero attached hydrogens (tertiary/aromatic N) is 1. The molecule has 578 valence electrons. The maximum Gasteiger partial charge on any atom is 0.361 e. The number of ether oxygens (including phenoxy) is 4. The van der Waals surface area contributed by atoms with Gasteiger partial charge in [0.05, 0.1) is 34.4 Å². The number of esters is 2. The zero-order valence-corrected chi connectivity index (χ0v) is 66.4. The first-order valence-corrected chi connectivity index (χ1v) is 43.1. The Morgan fingerprint density at radius 3 is 0.859 bits per heavy atom. The molecule has 0 aliphatic rings. The minimum Gasteiger partial charge on any atom is -0.477 e. The molecule has 0 aliphatic heterocycles. The van der Waals surface area contributed by atoms with Gasteiger partial charge in [0, 0.05) is 12.8 Å². The summed E-state index contributed by atoms with van der Waals surface area (Å²) in [5, 5.41) is 9.79. The normalized spacial score (nSPS) is 12.9. The lowest BCUT2D eigenvalue weighted by Crippen LogP contribution is -2.40. The molecule has 2 unspecified atom stereocenters. The fourth-order valence-electron chi connectivity index (χ4n) is 13.0. The lowest BCUT2D eigenvalue weighted by atomic mass is 10.0. The van der Waals surface area contributed by atoms with Crippen LogP contribution < -0.4 is 0 Å². The van der Waals surface area contributed by atoms with Crippen molar-refractivity contribution >= 4 is 17.9 Å². The van der Waals surface area contributed by atoms with Gasteiger partial charge in [0.2, 0.25) is 0 Å². The van der Waals surface area contributed by atoms with Gasteiger partial charge in [-0.2, -0.15) is 0 Å². The van der Waals surface area contributed by atoms with E-state index in [1.165, 1.54) is 321 Å². The van der Waals surface area contributed by atoms with Gasteiger partial charge in [-0.3, -0.25) is 9.59 Å². The van der Waals surface area contributed by atoms with Gasteiger partial charge >= 0.3 is 17.9 Å². The van der Waals surface area contributed by atoms with E-state index < -0.39 is 18.4 Å². The van der Waals surface area contributed by atoms with Crippen molar-refractivity contribution in [2.75, 3.05) is 47.5 Å². The highest BCUT2D eigenvalue weighted by atomic mass is 16.7. The molecule has 9 nitrogen and oxygen atoms in total. The van der Waals surface area contributed by atoms with Gasteiger partial charge in [0.25, 0.3) is 6.29 Å². The molecule has 1 N–H and O–H groups in total. The number of rotatable bonds is 81. The van der Waals surface area contributed by atoms with Gasteiger partial charge in [0.1, 0.15) is 13.2 Å². The molecule has 0 aromatic carbocycles. The van der Waals surface area contributed by atoms with Crippen LogP contribution in [0.3, 0.4) is 0 Å². The van der Waals surface area contributed by atoms with Crippen LogP contribution in [-0.4, -0.2) is 87.4 Å². The fraction of sp³-hybridized carbons (Fsp3) is 0.833. The van der Waals surface area contributed by atoms with Crippen LogP contribution in [-0.2, 0) is 33.3 Å². The Bertz CT molecular complexity index is 1860. The number of hydrogen-bond acceptors (Lipinski definition) is 7. The first-order chi connectivity index (χ1) is 48.6. The smallest absolute Gasteiger partial charge is 0.361 e. The highest BCUT2D eigenvalue weighted by Gasteiger charge is 2.25. The van der Waals surface area contributed by atoms with E-state index in [-0.39, 0.29) is 38.2 Å². The molecule has 0 saturated heterocycles. The summed E-state index contributed by atoms with van der Waals surface area (Å²) in [6, 6.07) is 0. The van der Waals surface area contributed by atoms with E-state index in [9.17, 15) is 19.5 Å². The zero-order chi connectivity index (χ0) is 71.8. The molecule has 0 rings (SSSR count). The highest BCUT2D eigenvalue weighted by Crippen LogP contribution is 2.20. The zero-order valence-electron chi connectivity index (χ0n) is 66.4. The standard InChI is InChI=1S/C90H165NO8/c1-6-8-10-12-14-16-18-20-22-24-26-28-30-32-34-36-38-40-42-43-44-45-47-48-50-52-54-56-58-60-62-64-66-68-70-72-74-76-78-80-87(92)97-84-86(85-98-90(89(94)95)96-83-82-91(3,4)5)99-88(93)81-79-77-75-73-71-69-67-65-63-61-59-57-55-53-51-49-46-41-39-37-35-33-31-29-27-25-23-21-19-17-15-13-11-9-7-2/h9,11,15,17,21,23,27,29,33,35,39,41,86,90H,6-8,10,12-14,16,18-20,22,24-26,28,30-32,34,36-38,40,42-85H2,1-5H3/p+1/b11-9-,17-15-,23-21-,29-27-,35-33-,41-39-. The second kappa shape index (κ2) is 80.4. The summed E-state index contributed by atoms with van der Waals surface area (Å²) in [5.41, 5.74) is 0. The molecule has 0 heterocycles. The van der Waals surface area contributed by atoms with Crippen LogP contribution in [0.25, 0.3) is 0 Å². The Balaban J connectivity index is 3.94. The number of carboxylic acids is 1. The Morgan fingerprint density at radius 1 is 0.313 bits per heavy atom. The largest absolute Gasteiger partial charge is 0.477 e. The Labute approximate surface area is 615 Å². The van der Waals surface area contributed by atoms with Crippen LogP contribution in [0.5, 0.6) is 0 Å². The fourth-order valence-corrected chi connectivity index (χ4v) is 13.0. The molecule has 2 atom stereocenters. The van der Waals surface area contributed by atoms with Gasteiger partial charge < -0.3 is 28.5 Å². The maximum atomic E-state index is 13.0. The van der Waals surface area contributed by atoms with Crippen molar-refractivity contribution in [3.63, 3.8) is 0 Å². The summed E-state index contributed by atoms with van der Waals surface area (Å²) < 4.78 is 23.1. The van der Waals surface area contributed by atoms with E-state index in [0.29, 0.717) is 17.4 Å². The van der Waals surface area contributed by atoms with Crippen molar-refractivity contribution in [2.24, 2.45) is 0 Å². The predicted molar refractivity (Wildman–Crippen MR) is 429 cm³/mol. The molecule has 0 radical (unpaired) electrons. The minimum atomic E-state index is -1.51. The van der Waals surface area contributed by atoms with E-state index in [0.717, 1.165) is 77.0 Å². The molecule has 0 spiro atoms. The number of aliphatic carboxylic acids is 1. The van der Waals surface area contributed by atoms with Gasteiger partial charge in [-0.15, -0.1) is 0 Å². The van der Waals surface area contributed by atoms with Gasteiger partial charge in [-0.05, 0) is 64.2 Å². The number of unbranched alkanes of at least 4 members (excludes halogenated alkanes) is 54. The summed E-state index contributed by atoms with van der Waals surface area (Å²) >= 11 is 0. The third-order valence-corrected chi connectivity index (χ3v) is 19.5. The van der Waals surface area contributed by atoms with Crippen molar-refractivity contribution in [3.05, 3.63) is 72.9 Å².